The highest BCUT2D eigenvalue weighted by molar-refractivity contribution is 5.72. The number of pyridine rings is 1. The van der Waals surface area contributed by atoms with Gasteiger partial charge in [-0.2, -0.15) is 0 Å². The second-order valence-electron chi connectivity index (χ2n) is 4.42. The molecule has 1 aromatic rings. The van der Waals surface area contributed by atoms with E-state index in [0.717, 1.165) is 5.69 Å². The lowest BCUT2D eigenvalue weighted by Gasteiger charge is -2.16. The quantitative estimate of drug-likeness (QED) is 0.666. The second-order valence-corrected chi connectivity index (χ2v) is 4.42. The number of aromatic nitrogens is 1. The summed E-state index contributed by atoms with van der Waals surface area (Å²) in [5.74, 6) is -0.457. The average molecular weight is 282 g/mol. The van der Waals surface area contributed by atoms with Crippen molar-refractivity contribution >= 4 is 5.97 Å². The van der Waals surface area contributed by atoms with Crippen LogP contribution in [0.1, 0.15) is 24.7 Å². The van der Waals surface area contributed by atoms with Crippen molar-refractivity contribution in [3.05, 3.63) is 23.5 Å². The summed E-state index contributed by atoms with van der Waals surface area (Å²) in [5.41, 5.74) is 1.57. The molecule has 0 saturated carbocycles. The molecule has 0 bridgehead atoms. The molecule has 0 aliphatic carbocycles. The first-order valence-corrected chi connectivity index (χ1v) is 6.64. The largest absolute Gasteiger partial charge is 0.479 e. The fraction of sp³-hybridized carbons (Fsp3) is 0.571. The van der Waals surface area contributed by atoms with Crippen molar-refractivity contribution in [1.29, 1.82) is 0 Å². The van der Waals surface area contributed by atoms with Crippen LogP contribution >= 0.6 is 0 Å². The van der Waals surface area contributed by atoms with E-state index in [4.69, 9.17) is 14.6 Å². The Morgan fingerprint density at radius 3 is 2.85 bits per heavy atom. The van der Waals surface area contributed by atoms with Gasteiger partial charge in [-0.25, -0.2) is 4.79 Å². The van der Waals surface area contributed by atoms with E-state index in [2.05, 4.69) is 10.3 Å². The summed E-state index contributed by atoms with van der Waals surface area (Å²) >= 11 is 0. The van der Waals surface area contributed by atoms with Gasteiger partial charge in [0.2, 0.25) is 0 Å². The summed E-state index contributed by atoms with van der Waals surface area (Å²) in [6.45, 7) is 5.47. The van der Waals surface area contributed by atoms with E-state index in [1.807, 2.05) is 13.0 Å². The number of ether oxygens (including phenoxy) is 2. The van der Waals surface area contributed by atoms with E-state index in [1.54, 1.807) is 20.1 Å². The molecule has 0 fully saturated rings. The Morgan fingerprint density at radius 2 is 2.25 bits per heavy atom. The highest BCUT2D eigenvalue weighted by atomic mass is 16.5. The van der Waals surface area contributed by atoms with E-state index in [0.29, 0.717) is 37.6 Å². The van der Waals surface area contributed by atoms with Crippen molar-refractivity contribution in [3.8, 4) is 5.75 Å². The predicted molar refractivity (Wildman–Crippen MR) is 74.9 cm³/mol. The van der Waals surface area contributed by atoms with Gasteiger partial charge in [0.1, 0.15) is 5.75 Å². The van der Waals surface area contributed by atoms with Gasteiger partial charge >= 0.3 is 5.97 Å². The lowest BCUT2D eigenvalue weighted by atomic mass is 10.2. The van der Waals surface area contributed by atoms with Crippen LogP contribution in [0.5, 0.6) is 5.75 Å². The fourth-order valence-corrected chi connectivity index (χ4v) is 1.67. The number of hydrogen-bond acceptors (Lipinski definition) is 5. The molecule has 0 aliphatic heterocycles. The second kappa shape index (κ2) is 8.50. The van der Waals surface area contributed by atoms with E-state index in [1.165, 1.54) is 0 Å². The average Bonchev–Trinajstić information content (AvgIpc) is 2.42. The van der Waals surface area contributed by atoms with Gasteiger partial charge in [-0.15, -0.1) is 0 Å². The molecular weight excluding hydrogens is 260 g/mol. The molecule has 2 N–H and O–H groups in total. The number of rotatable bonds is 9. The molecule has 0 radical (unpaired) electrons. The van der Waals surface area contributed by atoms with Gasteiger partial charge in [-0.05, 0) is 25.5 Å². The van der Waals surface area contributed by atoms with Gasteiger partial charge in [-0.3, -0.25) is 4.98 Å². The number of nitrogens with one attached hydrogen (secondary N) is 1. The lowest BCUT2D eigenvalue weighted by molar-refractivity contribution is -0.145. The minimum absolute atomic E-state index is 0.403. The molecule has 1 unspecified atom stereocenters. The van der Waals surface area contributed by atoms with Crippen LogP contribution < -0.4 is 10.1 Å². The third-order valence-corrected chi connectivity index (χ3v) is 2.76. The first-order chi connectivity index (χ1) is 9.58. The minimum atomic E-state index is -0.966. The topological polar surface area (TPSA) is 80.7 Å². The van der Waals surface area contributed by atoms with Gasteiger partial charge in [0.15, 0.2) is 6.10 Å². The Hall–Kier alpha value is -1.66. The first-order valence-electron chi connectivity index (χ1n) is 6.64. The van der Waals surface area contributed by atoms with Crippen molar-refractivity contribution in [3.63, 3.8) is 0 Å². The number of aliphatic carboxylic acids is 1. The highest BCUT2D eigenvalue weighted by Gasteiger charge is 2.18. The van der Waals surface area contributed by atoms with Gasteiger partial charge in [0.05, 0.1) is 12.3 Å². The van der Waals surface area contributed by atoms with Crippen LogP contribution in [0.4, 0.5) is 0 Å². The van der Waals surface area contributed by atoms with Crippen LogP contribution in [0.2, 0.25) is 0 Å². The van der Waals surface area contributed by atoms with Crippen molar-refractivity contribution < 1.29 is 19.4 Å². The summed E-state index contributed by atoms with van der Waals surface area (Å²) < 4.78 is 10.5. The van der Waals surface area contributed by atoms with E-state index < -0.39 is 12.1 Å². The van der Waals surface area contributed by atoms with Crippen molar-refractivity contribution in [1.82, 2.24) is 10.3 Å². The Morgan fingerprint density at radius 1 is 1.50 bits per heavy atom. The van der Waals surface area contributed by atoms with Crippen molar-refractivity contribution in [2.75, 3.05) is 20.3 Å². The van der Waals surface area contributed by atoms with Crippen LogP contribution in [0.15, 0.2) is 12.1 Å². The maximum absolute atomic E-state index is 11.0. The number of carbonyl (C=O) groups is 1. The summed E-state index contributed by atoms with van der Waals surface area (Å²) in [7, 11) is 1.64. The normalized spacial score (nSPS) is 12.2. The molecule has 0 saturated heterocycles. The van der Waals surface area contributed by atoms with Gasteiger partial charge < -0.3 is 19.9 Å². The van der Waals surface area contributed by atoms with Crippen LogP contribution in [0, 0.1) is 6.92 Å². The smallest absolute Gasteiger partial charge is 0.344 e. The molecule has 6 heteroatoms. The number of nitrogens with zero attached hydrogens (tertiary/aromatic N) is 1. The van der Waals surface area contributed by atoms with Crippen LogP contribution in [-0.2, 0) is 16.1 Å². The number of aryl methyl sites for hydroxylation is 1. The molecule has 0 amide bonds. The van der Waals surface area contributed by atoms with Gasteiger partial charge in [-0.1, -0.05) is 6.92 Å². The number of carboxylic acids is 1. The third-order valence-electron chi connectivity index (χ3n) is 2.76. The lowest BCUT2D eigenvalue weighted by Crippen LogP contribution is -2.27. The van der Waals surface area contributed by atoms with Crippen molar-refractivity contribution in [2.45, 2.75) is 32.9 Å². The maximum Gasteiger partial charge on any atom is 0.344 e. The van der Waals surface area contributed by atoms with Crippen LogP contribution in [0.3, 0.4) is 0 Å². The minimum Gasteiger partial charge on any atom is -0.479 e. The van der Waals surface area contributed by atoms with Gasteiger partial charge in [0, 0.05) is 25.9 Å². The van der Waals surface area contributed by atoms with E-state index >= 15 is 0 Å². The molecule has 1 aromatic heterocycles. The molecule has 0 aliphatic rings. The molecule has 1 heterocycles. The fourth-order valence-electron chi connectivity index (χ4n) is 1.67. The van der Waals surface area contributed by atoms with Crippen molar-refractivity contribution in [2.24, 2.45) is 0 Å². The molecule has 6 nitrogen and oxygen atoms in total. The molecule has 1 atom stereocenters. The third kappa shape index (κ3) is 5.14. The Balaban J connectivity index is 2.75. The molecule has 0 aromatic carbocycles. The summed E-state index contributed by atoms with van der Waals surface area (Å²) in [6.07, 6.45) is -0.447. The summed E-state index contributed by atoms with van der Waals surface area (Å²) in [4.78, 5) is 15.4. The SMILES string of the molecule is CCC(Oc1ccc(C)nc1CNCCOC)C(=O)O. The Kier molecular flexibility index (Phi) is 6.97. The molecule has 112 valence electrons. The first kappa shape index (κ1) is 16.4. The van der Waals surface area contributed by atoms with Gasteiger partial charge in [0.25, 0.3) is 0 Å². The molecule has 0 spiro atoms. The van der Waals surface area contributed by atoms with Crippen LogP contribution in [-0.4, -0.2) is 42.4 Å². The zero-order chi connectivity index (χ0) is 15.0. The molecule has 1 rings (SSSR count). The number of carboxylic acid groups (broad SMARTS) is 1. The van der Waals surface area contributed by atoms with E-state index in [9.17, 15) is 4.79 Å². The zero-order valence-corrected chi connectivity index (χ0v) is 12.2. The number of hydrogen-bond donors (Lipinski definition) is 2. The Bertz CT molecular complexity index is 437. The zero-order valence-electron chi connectivity index (χ0n) is 12.2. The Labute approximate surface area is 119 Å². The molecule has 20 heavy (non-hydrogen) atoms. The maximum atomic E-state index is 11.0. The van der Waals surface area contributed by atoms with Crippen LogP contribution in [0.25, 0.3) is 0 Å². The monoisotopic (exact) mass is 282 g/mol. The summed E-state index contributed by atoms with van der Waals surface area (Å²) in [6, 6.07) is 3.57. The van der Waals surface area contributed by atoms with E-state index in [-0.39, 0.29) is 0 Å². The predicted octanol–water partition coefficient (Wildman–Crippen LogP) is 1.37. The highest BCUT2D eigenvalue weighted by Crippen LogP contribution is 2.19. The summed E-state index contributed by atoms with van der Waals surface area (Å²) in [5, 5.41) is 12.2. The number of methoxy groups -OCH3 is 1. The molecular formula is C14H22N2O4. The standard InChI is InChI=1S/C14H22N2O4/c1-4-12(14(17)18)20-13-6-5-10(2)16-11(13)9-15-7-8-19-3/h5-6,12,15H,4,7-9H2,1-3H3,(H,17,18).